The molecule has 3 aliphatic rings. The Morgan fingerprint density at radius 2 is 2.12 bits per heavy atom. The maximum absolute atomic E-state index is 12.5. The van der Waals surface area contributed by atoms with Gasteiger partial charge in [-0.1, -0.05) is 26.3 Å². The Morgan fingerprint density at radius 3 is 2.80 bits per heavy atom. The quantitative estimate of drug-likeness (QED) is 0.737. The second-order valence-corrected chi connectivity index (χ2v) is 9.02. The van der Waals surface area contributed by atoms with Gasteiger partial charge in [0.25, 0.3) is 0 Å². The fourth-order valence-corrected chi connectivity index (χ4v) is 7.06. The molecule has 136 valence electrons. The molecule has 25 heavy (non-hydrogen) atoms. The van der Waals surface area contributed by atoms with E-state index in [1.165, 1.54) is 37.7 Å². The summed E-state index contributed by atoms with van der Waals surface area (Å²) in [5.41, 5.74) is 3.30. The Hall–Kier alpha value is -1.31. The van der Waals surface area contributed by atoms with Crippen molar-refractivity contribution in [3.8, 4) is 5.75 Å². The number of methoxy groups -OCH3 is 1. The van der Waals surface area contributed by atoms with Gasteiger partial charge in [-0.15, -0.1) is 0 Å². The van der Waals surface area contributed by atoms with E-state index in [9.17, 15) is 4.79 Å². The van der Waals surface area contributed by atoms with E-state index < -0.39 is 0 Å². The zero-order valence-electron chi connectivity index (χ0n) is 16.2. The molecule has 6 atom stereocenters. The molecule has 2 saturated carbocycles. The van der Waals surface area contributed by atoms with Crippen molar-refractivity contribution in [2.45, 2.75) is 65.2 Å². The number of Topliss-reactive ketones (excluding diaryl/α,β-unsaturated/α-hetero) is 1. The lowest BCUT2D eigenvalue weighted by molar-refractivity contribution is -0.127. The van der Waals surface area contributed by atoms with E-state index in [0.29, 0.717) is 23.5 Å². The Labute approximate surface area is 152 Å². The number of rotatable bonds is 3. The van der Waals surface area contributed by atoms with Crippen LogP contribution >= 0.6 is 0 Å². The number of aryl methyl sites for hydroxylation is 1. The van der Waals surface area contributed by atoms with Crippen molar-refractivity contribution >= 4 is 5.78 Å². The maximum atomic E-state index is 12.5. The van der Waals surface area contributed by atoms with Crippen molar-refractivity contribution in [3.05, 3.63) is 29.3 Å². The summed E-state index contributed by atoms with van der Waals surface area (Å²) in [7, 11) is 1.75. The van der Waals surface area contributed by atoms with Crippen molar-refractivity contribution in [2.24, 2.45) is 29.1 Å². The minimum absolute atomic E-state index is 0.234. The van der Waals surface area contributed by atoms with Gasteiger partial charge in [0.05, 0.1) is 7.11 Å². The minimum atomic E-state index is 0.234. The topological polar surface area (TPSA) is 26.3 Å². The molecule has 0 aliphatic heterocycles. The van der Waals surface area contributed by atoms with Crippen molar-refractivity contribution in [2.75, 3.05) is 7.11 Å². The highest BCUT2D eigenvalue weighted by atomic mass is 16.5. The predicted molar refractivity (Wildman–Crippen MR) is 101 cm³/mol. The minimum Gasteiger partial charge on any atom is -0.497 e. The average molecular weight is 341 g/mol. The van der Waals surface area contributed by atoms with E-state index in [-0.39, 0.29) is 5.41 Å². The third kappa shape index (κ3) is 2.47. The van der Waals surface area contributed by atoms with Gasteiger partial charge < -0.3 is 4.74 Å². The molecule has 0 bridgehead atoms. The van der Waals surface area contributed by atoms with Crippen LogP contribution in [0.5, 0.6) is 5.75 Å². The highest BCUT2D eigenvalue weighted by Crippen LogP contribution is 2.65. The lowest BCUT2D eigenvalue weighted by Crippen LogP contribution is -2.44. The number of ether oxygens (including phenoxy) is 1. The smallest absolute Gasteiger partial charge is 0.133 e. The van der Waals surface area contributed by atoms with Gasteiger partial charge in [-0.25, -0.2) is 0 Å². The van der Waals surface area contributed by atoms with Gasteiger partial charge in [0.15, 0.2) is 0 Å². The summed E-state index contributed by atoms with van der Waals surface area (Å²) in [4.78, 5) is 12.5. The summed E-state index contributed by atoms with van der Waals surface area (Å²) in [6, 6.07) is 6.71. The first-order valence-electron chi connectivity index (χ1n) is 10.2. The summed E-state index contributed by atoms with van der Waals surface area (Å²) >= 11 is 0. The third-order valence-corrected chi connectivity index (χ3v) is 8.07. The van der Waals surface area contributed by atoms with E-state index in [1.807, 2.05) is 6.92 Å². The first-order valence-corrected chi connectivity index (χ1v) is 10.2. The Morgan fingerprint density at radius 1 is 1.32 bits per heavy atom. The summed E-state index contributed by atoms with van der Waals surface area (Å²) in [5, 5.41) is 0. The van der Waals surface area contributed by atoms with Gasteiger partial charge in [-0.2, -0.15) is 0 Å². The van der Waals surface area contributed by atoms with Crippen LogP contribution in [0.25, 0.3) is 0 Å². The molecule has 1 aromatic carbocycles. The monoisotopic (exact) mass is 340 g/mol. The second kappa shape index (κ2) is 6.14. The molecule has 0 unspecified atom stereocenters. The van der Waals surface area contributed by atoms with Gasteiger partial charge in [-0.05, 0) is 91.4 Å². The van der Waals surface area contributed by atoms with Crippen molar-refractivity contribution in [1.82, 2.24) is 0 Å². The van der Waals surface area contributed by atoms with Crippen LogP contribution in [-0.4, -0.2) is 12.9 Å². The molecule has 4 rings (SSSR count). The number of hydrogen-bond acceptors (Lipinski definition) is 2. The maximum Gasteiger partial charge on any atom is 0.133 e. The number of carbonyl (C=O) groups excluding carboxylic acids is 1. The van der Waals surface area contributed by atoms with Gasteiger partial charge in [0.1, 0.15) is 11.5 Å². The van der Waals surface area contributed by atoms with Crippen LogP contribution in [0, 0.1) is 29.1 Å². The molecule has 2 heteroatoms. The van der Waals surface area contributed by atoms with E-state index in [4.69, 9.17) is 4.74 Å². The van der Waals surface area contributed by atoms with Crippen molar-refractivity contribution in [3.63, 3.8) is 0 Å². The molecule has 0 N–H and O–H groups in total. The van der Waals surface area contributed by atoms with Crippen LogP contribution in [0.4, 0.5) is 0 Å². The summed E-state index contributed by atoms with van der Waals surface area (Å²) < 4.78 is 5.43. The molecule has 0 saturated heterocycles. The number of benzene rings is 1. The van der Waals surface area contributed by atoms with Crippen LogP contribution in [-0.2, 0) is 11.2 Å². The number of fused-ring (bicyclic) bond motifs is 5. The molecule has 0 amide bonds. The van der Waals surface area contributed by atoms with E-state index in [2.05, 4.69) is 32.0 Å². The normalized spacial score (nSPS) is 39.3. The zero-order chi connectivity index (χ0) is 17.8. The third-order valence-electron chi connectivity index (χ3n) is 8.07. The molecule has 2 nitrogen and oxygen atoms in total. The zero-order valence-corrected chi connectivity index (χ0v) is 16.2. The molecule has 3 aliphatic carbocycles. The average Bonchev–Trinajstić information content (AvgIpc) is 2.93. The van der Waals surface area contributed by atoms with Crippen LogP contribution in [0.3, 0.4) is 0 Å². The molecule has 2 fully saturated rings. The predicted octanol–water partition coefficient (Wildman–Crippen LogP) is 5.39. The van der Waals surface area contributed by atoms with Gasteiger partial charge in [0, 0.05) is 5.92 Å². The first kappa shape index (κ1) is 17.1. The Kier molecular flexibility index (Phi) is 4.21. The lowest BCUT2D eigenvalue weighted by Gasteiger charge is -2.50. The Bertz CT molecular complexity index is 679. The fraction of sp³-hybridized carbons (Fsp3) is 0.696. The fourth-order valence-electron chi connectivity index (χ4n) is 7.06. The number of ketones is 1. The van der Waals surface area contributed by atoms with Gasteiger partial charge >= 0.3 is 0 Å². The number of carbonyl (C=O) groups is 1. The molecular formula is C23H32O2. The first-order chi connectivity index (χ1) is 12.0. The molecule has 0 aromatic heterocycles. The van der Waals surface area contributed by atoms with Crippen LogP contribution in [0.2, 0.25) is 0 Å². The van der Waals surface area contributed by atoms with Gasteiger partial charge in [0.2, 0.25) is 0 Å². The van der Waals surface area contributed by atoms with Gasteiger partial charge in [-0.3, -0.25) is 4.79 Å². The highest BCUT2D eigenvalue weighted by Gasteiger charge is 2.58. The lowest BCUT2D eigenvalue weighted by atomic mass is 9.54. The van der Waals surface area contributed by atoms with Crippen molar-refractivity contribution < 1.29 is 9.53 Å². The van der Waals surface area contributed by atoms with Crippen LogP contribution in [0.1, 0.15) is 69.9 Å². The standard InChI is InChI=1S/C23H32O2/c1-5-15-13-21-20-8-6-16-12-17(25-4)7-9-18(16)19(20)10-11-23(21,3)22(15)14(2)24/h7,9,12,15,19-22H,5-6,8,10-11,13H2,1-4H3/t15-,19-,20-,21+,22+,23+/m1/s1. The highest BCUT2D eigenvalue weighted by molar-refractivity contribution is 5.80. The Balaban J connectivity index is 1.68. The molecule has 1 aromatic rings. The van der Waals surface area contributed by atoms with Crippen LogP contribution < -0.4 is 4.74 Å². The SMILES string of the molecule is CC[C@@H]1C[C@H]2[C@@H]3CCc4cc(OC)ccc4[C@H]3CC[C@]2(C)[C@H]1C(C)=O. The van der Waals surface area contributed by atoms with E-state index >= 15 is 0 Å². The van der Waals surface area contributed by atoms with E-state index in [1.54, 1.807) is 12.7 Å². The summed E-state index contributed by atoms with van der Waals surface area (Å²) in [6.45, 7) is 6.57. The van der Waals surface area contributed by atoms with E-state index in [0.717, 1.165) is 24.0 Å². The molecule has 0 heterocycles. The molecular weight excluding hydrogens is 308 g/mol. The van der Waals surface area contributed by atoms with Crippen LogP contribution in [0.15, 0.2) is 18.2 Å². The summed E-state index contributed by atoms with van der Waals surface area (Å²) in [6.07, 6.45) is 7.33. The number of hydrogen-bond donors (Lipinski definition) is 0. The summed E-state index contributed by atoms with van der Waals surface area (Å²) in [5.74, 6) is 4.50. The molecule has 0 spiro atoms. The van der Waals surface area contributed by atoms with Crippen molar-refractivity contribution in [1.29, 1.82) is 0 Å². The second-order valence-electron chi connectivity index (χ2n) is 9.02. The largest absolute Gasteiger partial charge is 0.497 e. The molecule has 0 radical (unpaired) electrons.